The molecule has 2 atom stereocenters. The summed E-state index contributed by atoms with van der Waals surface area (Å²) in [5.74, 6) is 2.27. The Balaban J connectivity index is 1.46. The van der Waals surface area contributed by atoms with Gasteiger partial charge in [-0.1, -0.05) is 36.4 Å². The molecule has 30 heavy (non-hydrogen) atoms. The van der Waals surface area contributed by atoms with Gasteiger partial charge in [0.05, 0.1) is 23.4 Å². The van der Waals surface area contributed by atoms with Gasteiger partial charge >= 0.3 is 0 Å². The fourth-order valence-electron chi connectivity index (χ4n) is 4.49. The Hall–Kier alpha value is -2.34. The lowest BCUT2D eigenvalue weighted by Crippen LogP contribution is -2.46. The van der Waals surface area contributed by atoms with Crippen molar-refractivity contribution in [1.29, 1.82) is 0 Å². The van der Waals surface area contributed by atoms with E-state index in [1.165, 1.54) is 18.4 Å². The lowest BCUT2D eigenvalue weighted by molar-refractivity contribution is 0.0396. The minimum atomic E-state index is -1.04. The van der Waals surface area contributed by atoms with Crippen LogP contribution in [0.1, 0.15) is 50.6 Å². The summed E-state index contributed by atoms with van der Waals surface area (Å²) in [6, 6.07) is 18.1. The van der Waals surface area contributed by atoms with Crippen molar-refractivity contribution in [3.63, 3.8) is 0 Å². The second kappa shape index (κ2) is 9.65. The maximum Gasteiger partial charge on any atom is 0.191 e. The van der Waals surface area contributed by atoms with Crippen molar-refractivity contribution in [2.75, 3.05) is 18.8 Å². The first-order valence-electron chi connectivity index (χ1n) is 11.0. The number of hydrogen-bond acceptors (Lipinski definition) is 3. The summed E-state index contributed by atoms with van der Waals surface area (Å²) in [7, 11) is -1.04. The smallest absolute Gasteiger partial charge is 0.191 e. The van der Waals surface area contributed by atoms with Crippen LogP contribution in [0, 0.1) is 0 Å². The molecule has 1 heterocycles. The third-order valence-electron chi connectivity index (χ3n) is 5.92. The molecule has 1 saturated carbocycles. The van der Waals surface area contributed by atoms with Crippen LogP contribution >= 0.6 is 0 Å². The second-order valence-corrected chi connectivity index (χ2v) is 9.63. The van der Waals surface area contributed by atoms with Gasteiger partial charge in [0.15, 0.2) is 5.96 Å². The van der Waals surface area contributed by atoms with E-state index in [1.54, 1.807) is 0 Å². The first-order chi connectivity index (χ1) is 14.7. The summed E-state index contributed by atoms with van der Waals surface area (Å²) in [4.78, 5) is 5.58. The molecule has 0 saturated heterocycles. The number of fused-ring (bicyclic) bond motifs is 1. The van der Waals surface area contributed by atoms with Crippen LogP contribution in [0.25, 0.3) is 0 Å². The van der Waals surface area contributed by atoms with Crippen molar-refractivity contribution in [2.24, 2.45) is 4.99 Å². The highest BCUT2D eigenvalue weighted by Crippen LogP contribution is 2.46. The van der Waals surface area contributed by atoms with Gasteiger partial charge in [-0.2, -0.15) is 0 Å². The van der Waals surface area contributed by atoms with Gasteiger partial charge in [-0.05, 0) is 50.8 Å². The van der Waals surface area contributed by atoms with Crippen LogP contribution in [0.15, 0.2) is 64.5 Å². The Bertz CT molecular complexity index is 894. The molecule has 0 aromatic heterocycles. The van der Waals surface area contributed by atoms with Crippen molar-refractivity contribution in [1.82, 2.24) is 10.6 Å². The van der Waals surface area contributed by atoms with Crippen molar-refractivity contribution in [3.05, 3.63) is 60.2 Å². The van der Waals surface area contributed by atoms with Crippen LogP contribution in [0.4, 0.5) is 0 Å². The van der Waals surface area contributed by atoms with Crippen LogP contribution in [0.3, 0.4) is 0 Å². The van der Waals surface area contributed by atoms with Crippen LogP contribution in [-0.2, 0) is 10.8 Å². The molecule has 0 amide bonds. The Morgan fingerprint density at radius 2 is 1.87 bits per heavy atom. The molecule has 0 radical (unpaired) electrons. The van der Waals surface area contributed by atoms with Crippen molar-refractivity contribution >= 4 is 16.8 Å². The minimum Gasteiger partial charge on any atom is -0.487 e. The van der Waals surface area contributed by atoms with E-state index in [9.17, 15) is 4.21 Å². The molecule has 4 rings (SSSR count). The molecular weight excluding hydrogens is 394 g/mol. The van der Waals surface area contributed by atoms with Gasteiger partial charge < -0.3 is 15.4 Å². The molecule has 1 fully saturated rings. The molecule has 6 heteroatoms. The molecule has 1 spiro atoms. The number of hydrogen-bond donors (Lipinski definition) is 2. The molecule has 5 nitrogen and oxygen atoms in total. The monoisotopic (exact) mass is 425 g/mol. The van der Waals surface area contributed by atoms with E-state index >= 15 is 0 Å². The van der Waals surface area contributed by atoms with Gasteiger partial charge in [0, 0.05) is 29.2 Å². The summed E-state index contributed by atoms with van der Waals surface area (Å²) in [6.07, 6.45) is 5.64. The number of aliphatic imine (C=N–C) groups is 1. The molecule has 0 bridgehead atoms. The third-order valence-corrected chi connectivity index (χ3v) is 7.27. The van der Waals surface area contributed by atoms with E-state index in [0.29, 0.717) is 12.3 Å². The van der Waals surface area contributed by atoms with Gasteiger partial charge in [0.1, 0.15) is 11.4 Å². The summed E-state index contributed by atoms with van der Waals surface area (Å²) < 4.78 is 19.0. The number of nitrogens with zero attached hydrogens (tertiary/aromatic N) is 1. The van der Waals surface area contributed by atoms with Crippen LogP contribution in [0.2, 0.25) is 0 Å². The lowest BCUT2D eigenvalue weighted by atomic mass is 9.86. The molecule has 160 valence electrons. The Morgan fingerprint density at radius 1 is 1.13 bits per heavy atom. The molecule has 1 aliphatic carbocycles. The number of benzene rings is 2. The topological polar surface area (TPSA) is 62.7 Å². The van der Waals surface area contributed by atoms with E-state index in [0.717, 1.165) is 42.4 Å². The van der Waals surface area contributed by atoms with Crippen LogP contribution in [-0.4, -0.2) is 34.6 Å². The highest BCUT2D eigenvalue weighted by molar-refractivity contribution is 7.85. The fraction of sp³-hybridized carbons (Fsp3) is 0.458. The summed E-state index contributed by atoms with van der Waals surface area (Å²) in [6.45, 7) is 3.35. The van der Waals surface area contributed by atoms with E-state index in [1.807, 2.05) is 36.4 Å². The largest absolute Gasteiger partial charge is 0.487 e. The standard InChI is InChI=1S/C24H31N3O2S/c1-2-25-23(26-16-17-30(28)19-10-4-3-5-11-19)27-21-18-24(14-8-9-15-24)29-22-13-7-6-12-20(21)22/h3-7,10-13,21H,2,8-9,14-18H2,1H3,(H2,25,26,27). The Kier molecular flexibility index (Phi) is 6.72. The molecule has 2 N–H and O–H groups in total. The Labute approximate surface area is 181 Å². The zero-order valence-corrected chi connectivity index (χ0v) is 18.4. The van der Waals surface area contributed by atoms with Gasteiger partial charge in [-0.3, -0.25) is 9.20 Å². The SMILES string of the molecule is CCNC(=NCCS(=O)c1ccccc1)NC1CC2(CCCC2)Oc2ccccc21. The maximum absolute atomic E-state index is 12.5. The van der Waals surface area contributed by atoms with Crippen molar-refractivity contribution < 1.29 is 8.95 Å². The predicted molar refractivity (Wildman–Crippen MR) is 122 cm³/mol. The average molecular weight is 426 g/mol. The summed E-state index contributed by atoms with van der Waals surface area (Å²) >= 11 is 0. The number of para-hydroxylation sites is 1. The van der Waals surface area contributed by atoms with Crippen molar-refractivity contribution in [2.45, 2.75) is 55.6 Å². The van der Waals surface area contributed by atoms with Gasteiger partial charge in [-0.25, -0.2) is 0 Å². The molecule has 2 unspecified atom stereocenters. The molecule has 2 aromatic carbocycles. The summed E-state index contributed by atoms with van der Waals surface area (Å²) in [5, 5.41) is 6.99. The zero-order valence-electron chi connectivity index (χ0n) is 17.6. The van der Waals surface area contributed by atoms with Gasteiger partial charge in [0.2, 0.25) is 0 Å². The fourth-order valence-corrected chi connectivity index (χ4v) is 5.44. The molecule has 2 aliphatic rings. The predicted octanol–water partition coefficient (Wildman–Crippen LogP) is 4.19. The van der Waals surface area contributed by atoms with Gasteiger partial charge in [-0.15, -0.1) is 0 Å². The lowest BCUT2D eigenvalue weighted by Gasteiger charge is -2.40. The molecular formula is C24H31N3O2S. The Morgan fingerprint density at radius 3 is 2.63 bits per heavy atom. The summed E-state index contributed by atoms with van der Waals surface area (Å²) in [5.41, 5.74) is 1.13. The highest BCUT2D eigenvalue weighted by atomic mass is 32.2. The van der Waals surface area contributed by atoms with Gasteiger partial charge in [0.25, 0.3) is 0 Å². The highest BCUT2D eigenvalue weighted by Gasteiger charge is 2.43. The zero-order chi connectivity index (χ0) is 20.8. The second-order valence-electron chi connectivity index (χ2n) is 8.05. The minimum absolute atomic E-state index is 0.0574. The quantitative estimate of drug-likeness (QED) is 0.538. The number of nitrogens with one attached hydrogen (secondary N) is 2. The third kappa shape index (κ3) is 4.86. The van der Waals surface area contributed by atoms with E-state index < -0.39 is 10.8 Å². The molecule has 1 aliphatic heterocycles. The first kappa shape index (κ1) is 20.9. The van der Waals surface area contributed by atoms with E-state index in [4.69, 9.17) is 9.73 Å². The normalized spacial score (nSPS) is 21.0. The number of ether oxygens (including phenoxy) is 1. The maximum atomic E-state index is 12.5. The number of guanidine groups is 1. The number of rotatable bonds is 6. The first-order valence-corrected chi connectivity index (χ1v) is 12.3. The van der Waals surface area contributed by atoms with Crippen LogP contribution < -0.4 is 15.4 Å². The average Bonchev–Trinajstić information content (AvgIpc) is 3.21. The van der Waals surface area contributed by atoms with E-state index in [-0.39, 0.29) is 11.6 Å². The van der Waals surface area contributed by atoms with Crippen LogP contribution in [0.5, 0.6) is 5.75 Å². The van der Waals surface area contributed by atoms with Crippen molar-refractivity contribution in [3.8, 4) is 5.75 Å². The van der Waals surface area contributed by atoms with E-state index in [2.05, 4.69) is 35.8 Å². The molecule has 2 aromatic rings.